The van der Waals surface area contributed by atoms with E-state index in [1.54, 1.807) is 20.3 Å². The highest BCUT2D eigenvalue weighted by molar-refractivity contribution is 5.54. The van der Waals surface area contributed by atoms with Crippen molar-refractivity contribution in [3.63, 3.8) is 0 Å². The molecule has 1 rings (SSSR count). The average molecular weight is 224 g/mol. The largest absolute Gasteiger partial charge is 0.492 e. The lowest BCUT2D eigenvalue weighted by Crippen LogP contribution is -2.03. The summed E-state index contributed by atoms with van der Waals surface area (Å²) < 4.78 is 15.4. The number of hydrogen-bond donors (Lipinski definition) is 0. The lowest BCUT2D eigenvalue weighted by molar-refractivity contribution is 0.180. The first-order valence-electron chi connectivity index (χ1n) is 4.94. The van der Waals surface area contributed by atoms with Crippen LogP contribution >= 0.6 is 0 Å². The lowest BCUT2D eigenvalue weighted by Gasteiger charge is -2.09. The Morgan fingerprint density at radius 3 is 2.69 bits per heavy atom. The van der Waals surface area contributed by atoms with Gasteiger partial charge in [-0.1, -0.05) is 6.58 Å². The van der Waals surface area contributed by atoms with Crippen LogP contribution in [-0.2, 0) is 16.1 Å². The van der Waals surface area contributed by atoms with E-state index in [0.717, 1.165) is 5.56 Å². The Morgan fingerprint density at radius 1 is 1.38 bits per heavy atom. The smallest absolute Gasteiger partial charge is 0.238 e. The van der Waals surface area contributed by atoms with Gasteiger partial charge in [0.15, 0.2) is 0 Å². The number of methoxy groups -OCH3 is 2. The Kier molecular flexibility index (Phi) is 4.72. The monoisotopic (exact) mass is 224 g/mol. The van der Waals surface area contributed by atoms with Crippen LogP contribution in [0.25, 0.3) is 5.76 Å². The molecule has 0 saturated heterocycles. The van der Waals surface area contributed by atoms with E-state index in [-0.39, 0.29) is 0 Å². The summed E-state index contributed by atoms with van der Waals surface area (Å²) in [4.78, 5) is 0. The van der Waals surface area contributed by atoms with Crippen LogP contribution in [0.15, 0.2) is 12.6 Å². The maximum absolute atomic E-state index is 5.26. The molecule has 88 valence electrons. The second-order valence-corrected chi connectivity index (χ2v) is 3.05. The van der Waals surface area contributed by atoms with Crippen LogP contribution in [0.5, 0.6) is 5.88 Å². The molecule has 0 atom stereocenters. The van der Waals surface area contributed by atoms with Crippen molar-refractivity contribution in [2.45, 2.75) is 13.5 Å². The highest BCUT2D eigenvalue weighted by Crippen LogP contribution is 2.19. The fraction of sp³-hybridized carbons (Fsp3) is 0.455. The van der Waals surface area contributed by atoms with Gasteiger partial charge in [0.05, 0.1) is 20.3 Å². The zero-order valence-corrected chi connectivity index (χ0v) is 9.82. The van der Waals surface area contributed by atoms with Crippen LogP contribution in [0.4, 0.5) is 0 Å². The van der Waals surface area contributed by atoms with Crippen molar-refractivity contribution >= 4 is 5.76 Å². The number of ether oxygens (including phenoxy) is 3. The van der Waals surface area contributed by atoms with Gasteiger partial charge >= 0.3 is 0 Å². The minimum Gasteiger partial charge on any atom is -0.492 e. The van der Waals surface area contributed by atoms with E-state index in [2.05, 4.69) is 16.8 Å². The standard InChI is InChI=1S/C11H16N2O3/c1-5-16-8(2)10-6-9(7-14-3)11(15-4)13-12-10/h6H,2,5,7H2,1,3-4H3. The van der Waals surface area contributed by atoms with Crippen LogP contribution in [-0.4, -0.2) is 31.0 Å². The van der Waals surface area contributed by atoms with E-state index in [1.165, 1.54) is 0 Å². The summed E-state index contributed by atoms with van der Waals surface area (Å²) in [5, 5.41) is 7.88. The quantitative estimate of drug-likeness (QED) is 0.687. The Bertz CT molecular complexity index is 366. The summed E-state index contributed by atoms with van der Waals surface area (Å²) in [6, 6.07) is 1.80. The molecule has 1 aromatic rings. The molecular formula is C11H16N2O3. The van der Waals surface area contributed by atoms with E-state index in [1.807, 2.05) is 6.92 Å². The SMILES string of the molecule is C=C(OCC)c1cc(COC)c(OC)nn1. The van der Waals surface area contributed by atoms with Crippen molar-refractivity contribution in [1.29, 1.82) is 0 Å². The van der Waals surface area contributed by atoms with Gasteiger partial charge < -0.3 is 14.2 Å². The summed E-state index contributed by atoms with van der Waals surface area (Å²) in [5.74, 6) is 0.949. The predicted octanol–water partition coefficient (Wildman–Crippen LogP) is 1.64. The molecule has 0 radical (unpaired) electrons. The Morgan fingerprint density at radius 2 is 2.12 bits per heavy atom. The molecule has 0 unspecified atom stereocenters. The van der Waals surface area contributed by atoms with E-state index in [4.69, 9.17) is 14.2 Å². The molecule has 0 saturated carbocycles. The highest BCUT2D eigenvalue weighted by Gasteiger charge is 2.09. The zero-order valence-electron chi connectivity index (χ0n) is 9.82. The first-order chi connectivity index (χ1) is 7.72. The first kappa shape index (κ1) is 12.4. The summed E-state index contributed by atoms with van der Waals surface area (Å²) in [6.07, 6.45) is 0. The van der Waals surface area contributed by atoms with E-state index in [9.17, 15) is 0 Å². The van der Waals surface area contributed by atoms with Gasteiger partial charge in [0.25, 0.3) is 0 Å². The van der Waals surface area contributed by atoms with Crippen molar-refractivity contribution in [3.8, 4) is 5.88 Å². The van der Waals surface area contributed by atoms with Crippen LogP contribution in [0.3, 0.4) is 0 Å². The van der Waals surface area contributed by atoms with E-state index < -0.39 is 0 Å². The van der Waals surface area contributed by atoms with Gasteiger partial charge in [-0.3, -0.25) is 0 Å². The summed E-state index contributed by atoms with van der Waals surface area (Å²) >= 11 is 0. The molecule has 0 aliphatic carbocycles. The van der Waals surface area contributed by atoms with Crippen molar-refractivity contribution < 1.29 is 14.2 Å². The molecule has 1 aromatic heterocycles. The Labute approximate surface area is 95.0 Å². The lowest BCUT2D eigenvalue weighted by atomic mass is 10.2. The number of rotatable bonds is 6. The molecule has 0 spiro atoms. The zero-order chi connectivity index (χ0) is 12.0. The number of hydrogen-bond acceptors (Lipinski definition) is 5. The average Bonchev–Trinajstić information content (AvgIpc) is 2.29. The summed E-state index contributed by atoms with van der Waals surface area (Å²) in [6.45, 7) is 6.61. The number of aromatic nitrogens is 2. The molecule has 0 amide bonds. The minimum absolute atomic E-state index is 0.408. The molecule has 0 aliphatic heterocycles. The topological polar surface area (TPSA) is 53.5 Å². The van der Waals surface area contributed by atoms with Crippen molar-refractivity contribution in [2.24, 2.45) is 0 Å². The second-order valence-electron chi connectivity index (χ2n) is 3.05. The second kappa shape index (κ2) is 6.07. The molecule has 0 aliphatic rings. The maximum Gasteiger partial charge on any atom is 0.238 e. The third-order valence-corrected chi connectivity index (χ3v) is 1.93. The molecule has 0 bridgehead atoms. The minimum atomic E-state index is 0.408. The van der Waals surface area contributed by atoms with Crippen LogP contribution in [0.1, 0.15) is 18.2 Å². The predicted molar refractivity (Wildman–Crippen MR) is 60.0 cm³/mol. The molecule has 16 heavy (non-hydrogen) atoms. The van der Waals surface area contributed by atoms with Crippen LogP contribution in [0, 0.1) is 0 Å². The maximum atomic E-state index is 5.26. The van der Waals surface area contributed by atoms with Crippen molar-refractivity contribution in [2.75, 3.05) is 20.8 Å². The Hall–Kier alpha value is -1.62. The fourth-order valence-corrected chi connectivity index (χ4v) is 1.23. The summed E-state index contributed by atoms with van der Waals surface area (Å²) in [5.41, 5.74) is 1.41. The molecule has 1 heterocycles. The molecule has 0 aromatic carbocycles. The van der Waals surface area contributed by atoms with Gasteiger partial charge in [-0.05, 0) is 13.0 Å². The molecule has 0 N–H and O–H groups in total. The first-order valence-corrected chi connectivity index (χ1v) is 4.94. The Balaban J connectivity index is 2.96. The van der Waals surface area contributed by atoms with Gasteiger partial charge in [0.1, 0.15) is 11.5 Å². The van der Waals surface area contributed by atoms with Gasteiger partial charge in [-0.25, -0.2) is 0 Å². The van der Waals surface area contributed by atoms with Gasteiger partial charge in [0.2, 0.25) is 5.88 Å². The summed E-state index contributed by atoms with van der Waals surface area (Å²) in [7, 11) is 3.15. The highest BCUT2D eigenvalue weighted by atomic mass is 16.5. The molecule has 0 fully saturated rings. The molecule has 5 heteroatoms. The van der Waals surface area contributed by atoms with Gasteiger partial charge in [0, 0.05) is 12.7 Å². The molecular weight excluding hydrogens is 208 g/mol. The van der Waals surface area contributed by atoms with Crippen LogP contribution < -0.4 is 4.74 Å². The van der Waals surface area contributed by atoms with Crippen molar-refractivity contribution in [1.82, 2.24) is 10.2 Å². The van der Waals surface area contributed by atoms with Gasteiger partial charge in [-0.15, -0.1) is 10.2 Å². The third kappa shape index (κ3) is 2.93. The third-order valence-electron chi connectivity index (χ3n) is 1.93. The fourth-order valence-electron chi connectivity index (χ4n) is 1.23. The number of nitrogens with zero attached hydrogens (tertiary/aromatic N) is 2. The van der Waals surface area contributed by atoms with Crippen LogP contribution in [0.2, 0.25) is 0 Å². The normalized spacial score (nSPS) is 9.94. The van der Waals surface area contributed by atoms with E-state index in [0.29, 0.717) is 30.5 Å². The van der Waals surface area contributed by atoms with Gasteiger partial charge in [-0.2, -0.15) is 0 Å². The molecule has 5 nitrogen and oxygen atoms in total. The van der Waals surface area contributed by atoms with Crippen molar-refractivity contribution in [3.05, 3.63) is 23.9 Å². The van der Waals surface area contributed by atoms with E-state index >= 15 is 0 Å².